The van der Waals surface area contributed by atoms with Gasteiger partial charge in [0.05, 0.1) is 0 Å². The lowest BCUT2D eigenvalue weighted by Gasteiger charge is -2.19. The third-order valence-corrected chi connectivity index (χ3v) is 3.14. The standard InChI is InChI=1S/C19H33N5O2.HI/c1-5-20-17(23-14-15-24-18(25)26-19(2,3)4)22-13-9-12-21-16-10-7-6-8-11-16;/h6-8,10-11,21H,5,9,12-15H2,1-4H3,(H,24,25)(H2,20,22,23);1H. The van der Waals surface area contributed by atoms with E-state index in [4.69, 9.17) is 4.74 Å². The molecule has 0 saturated heterocycles. The molecular formula is C19H34IN5O2. The Morgan fingerprint density at radius 2 is 1.70 bits per heavy atom. The Hall–Kier alpha value is -1.71. The van der Waals surface area contributed by atoms with E-state index >= 15 is 0 Å². The number of carbonyl (C=O) groups excluding carboxylic acids is 1. The first kappa shape index (κ1) is 25.3. The number of amides is 1. The van der Waals surface area contributed by atoms with Crippen molar-refractivity contribution in [1.82, 2.24) is 16.0 Å². The van der Waals surface area contributed by atoms with Crippen molar-refractivity contribution in [3.05, 3.63) is 30.3 Å². The molecule has 154 valence electrons. The van der Waals surface area contributed by atoms with Crippen LogP contribution in [-0.2, 0) is 4.74 Å². The highest BCUT2D eigenvalue weighted by molar-refractivity contribution is 14.0. The van der Waals surface area contributed by atoms with E-state index in [-0.39, 0.29) is 24.0 Å². The summed E-state index contributed by atoms with van der Waals surface area (Å²) >= 11 is 0. The Kier molecular flexibility index (Phi) is 13.5. The highest BCUT2D eigenvalue weighted by atomic mass is 127. The summed E-state index contributed by atoms with van der Waals surface area (Å²) in [7, 11) is 0. The average molecular weight is 491 g/mol. The summed E-state index contributed by atoms with van der Waals surface area (Å²) in [6.45, 7) is 11.0. The molecule has 0 atom stereocenters. The number of aliphatic imine (C=N–C) groups is 1. The van der Waals surface area contributed by atoms with E-state index in [2.05, 4.69) is 26.3 Å². The average Bonchev–Trinajstić information content (AvgIpc) is 2.57. The number of hydrogen-bond acceptors (Lipinski definition) is 4. The molecule has 4 N–H and O–H groups in total. The van der Waals surface area contributed by atoms with Crippen LogP contribution in [-0.4, -0.2) is 50.4 Å². The second kappa shape index (κ2) is 14.4. The fourth-order valence-corrected chi connectivity index (χ4v) is 2.06. The summed E-state index contributed by atoms with van der Waals surface area (Å²) in [5, 5.41) is 12.5. The molecule has 0 spiro atoms. The third-order valence-electron chi connectivity index (χ3n) is 3.14. The highest BCUT2D eigenvalue weighted by Gasteiger charge is 2.15. The van der Waals surface area contributed by atoms with Gasteiger partial charge in [0.2, 0.25) is 0 Å². The fourth-order valence-electron chi connectivity index (χ4n) is 2.06. The van der Waals surface area contributed by atoms with Crippen molar-refractivity contribution in [3.63, 3.8) is 0 Å². The smallest absolute Gasteiger partial charge is 0.407 e. The lowest BCUT2D eigenvalue weighted by molar-refractivity contribution is 0.0529. The molecule has 0 aromatic heterocycles. The molecule has 0 saturated carbocycles. The Balaban J connectivity index is 0.00000676. The lowest BCUT2D eigenvalue weighted by atomic mass is 10.2. The molecule has 27 heavy (non-hydrogen) atoms. The molecule has 0 bridgehead atoms. The predicted molar refractivity (Wildman–Crippen MR) is 123 cm³/mol. The number of nitrogens with zero attached hydrogens (tertiary/aromatic N) is 1. The van der Waals surface area contributed by atoms with Gasteiger partial charge in [0, 0.05) is 38.4 Å². The molecule has 8 heteroatoms. The number of benzene rings is 1. The van der Waals surface area contributed by atoms with Crippen LogP contribution < -0.4 is 21.3 Å². The van der Waals surface area contributed by atoms with Crippen molar-refractivity contribution in [2.75, 3.05) is 38.0 Å². The van der Waals surface area contributed by atoms with Crippen LogP contribution in [0.1, 0.15) is 34.1 Å². The first-order valence-corrected chi connectivity index (χ1v) is 9.18. The molecule has 1 rings (SSSR count). The van der Waals surface area contributed by atoms with Gasteiger partial charge in [-0.15, -0.1) is 24.0 Å². The van der Waals surface area contributed by atoms with E-state index in [1.54, 1.807) is 0 Å². The summed E-state index contributed by atoms with van der Waals surface area (Å²) in [6.07, 6.45) is 0.523. The topological polar surface area (TPSA) is 86.8 Å². The first-order valence-electron chi connectivity index (χ1n) is 9.18. The number of para-hydroxylation sites is 1. The number of guanidine groups is 1. The Bertz CT molecular complexity index is 547. The minimum absolute atomic E-state index is 0. The number of nitrogens with one attached hydrogen (secondary N) is 4. The maximum atomic E-state index is 11.6. The molecule has 0 fully saturated rings. The van der Waals surface area contributed by atoms with Crippen molar-refractivity contribution in [3.8, 4) is 0 Å². The molecule has 7 nitrogen and oxygen atoms in total. The second-order valence-corrected chi connectivity index (χ2v) is 6.76. The van der Waals surface area contributed by atoms with Crippen molar-refractivity contribution < 1.29 is 9.53 Å². The molecule has 0 unspecified atom stereocenters. The molecular weight excluding hydrogens is 457 g/mol. The maximum Gasteiger partial charge on any atom is 0.407 e. The van der Waals surface area contributed by atoms with Gasteiger partial charge in [-0.2, -0.15) is 0 Å². The van der Waals surface area contributed by atoms with Crippen LogP contribution in [0.15, 0.2) is 35.3 Å². The third kappa shape index (κ3) is 14.1. The van der Waals surface area contributed by atoms with E-state index in [9.17, 15) is 4.79 Å². The van der Waals surface area contributed by atoms with Crippen molar-refractivity contribution in [2.45, 2.75) is 39.7 Å². The van der Waals surface area contributed by atoms with Gasteiger partial charge in [0.15, 0.2) is 5.96 Å². The van der Waals surface area contributed by atoms with E-state index in [1.807, 2.05) is 58.0 Å². The largest absolute Gasteiger partial charge is 0.444 e. The van der Waals surface area contributed by atoms with Gasteiger partial charge in [0.25, 0.3) is 0 Å². The van der Waals surface area contributed by atoms with Gasteiger partial charge >= 0.3 is 6.09 Å². The zero-order chi connectivity index (χ0) is 19.3. The Morgan fingerprint density at radius 3 is 2.33 bits per heavy atom. The van der Waals surface area contributed by atoms with Crippen LogP contribution in [0, 0.1) is 0 Å². The first-order chi connectivity index (χ1) is 12.4. The van der Waals surface area contributed by atoms with Crippen LogP contribution in [0.2, 0.25) is 0 Å². The lowest BCUT2D eigenvalue weighted by Crippen LogP contribution is -2.42. The van der Waals surface area contributed by atoms with Crippen molar-refractivity contribution in [2.24, 2.45) is 4.99 Å². The van der Waals surface area contributed by atoms with Crippen molar-refractivity contribution >= 4 is 41.7 Å². The van der Waals surface area contributed by atoms with Crippen molar-refractivity contribution in [1.29, 1.82) is 0 Å². The molecule has 0 heterocycles. The highest BCUT2D eigenvalue weighted by Crippen LogP contribution is 2.06. The molecule has 0 aliphatic carbocycles. The van der Waals surface area contributed by atoms with E-state index < -0.39 is 11.7 Å². The number of hydrogen-bond donors (Lipinski definition) is 4. The van der Waals surface area contributed by atoms with Crippen LogP contribution in [0.25, 0.3) is 0 Å². The molecule has 1 aromatic rings. The number of rotatable bonds is 9. The quantitative estimate of drug-likeness (QED) is 0.185. The van der Waals surface area contributed by atoms with Gasteiger partial charge in [0.1, 0.15) is 5.60 Å². The van der Waals surface area contributed by atoms with Crippen LogP contribution in [0.5, 0.6) is 0 Å². The van der Waals surface area contributed by atoms with Gasteiger partial charge in [-0.1, -0.05) is 18.2 Å². The summed E-state index contributed by atoms with van der Waals surface area (Å²) in [4.78, 5) is 16.1. The second-order valence-electron chi connectivity index (χ2n) is 6.76. The monoisotopic (exact) mass is 491 g/mol. The van der Waals surface area contributed by atoms with Crippen LogP contribution in [0.4, 0.5) is 10.5 Å². The van der Waals surface area contributed by atoms with E-state index in [0.29, 0.717) is 19.6 Å². The summed E-state index contributed by atoms with van der Waals surface area (Å²) in [6, 6.07) is 10.1. The summed E-state index contributed by atoms with van der Waals surface area (Å²) < 4.78 is 5.19. The summed E-state index contributed by atoms with van der Waals surface area (Å²) in [5.74, 6) is 0.748. The fraction of sp³-hybridized carbons (Fsp3) is 0.579. The van der Waals surface area contributed by atoms with Gasteiger partial charge in [-0.25, -0.2) is 4.79 Å². The molecule has 0 aliphatic rings. The van der Waals surface area contributed by atoms with Crippen LogP contribution >= 0.6 is 24.0 Å². The molecule has 1 amide bonds. The van der Waals surface area contributed by atoms with E-state index in [0.717, 1.165) is 31.2 Å². The minimum atomic E-state index is -0.484. The zero-order valence-corrected chi connectivity index (χ0v) is 19.1. The Morgan fingerprint density at radius 1 is 1.04 bits per heavy atom. The zero-order valence-electron chi connectivity index (χ0n) is 16.8. The normalized spacial score (nSPS) is 11.2. The van der Waals surface area contributed by atoms with Crippen LogP contribution in [0.3, 0.4) is 0 Å². The summed E-state index contributed by atoms with van der Waals surface area (Å²) in [5.41, 5.74) is 0.636. The SMILES string of the molecule is CCNC(=NCCCNc1ccccc1)NCCNC(=O)OC(C)(C)C.I. The molecule has 0 aliphatic heterocycles. The number of anilines is 1. The number of alkyl carbamates (subject to hydrolysis) is 1. The maximum absolute atomic E-state index is 11.6. The number of carbonyl (C=O) groups is 1. The minimum Gasteiger partial charge on any atom is -0.444 e. The molecule has 1 aromatic carbocycles. The van der Waals surface area contributed by atoms with Gasteiger partial charge < -0.3 is 26.0 Å². The number of ether oxygens (including phenoxy) is 1. The van der Waals surface area contributed by atoms with Gasteiger partial charge in [-0.3, -0.25) is 4.99 Å². The number of halogens is 1. The Labute approximate surface area is 180 Å². The van der Waals surface area contributed by atoms with Gasteiger partial charge in [-0.05, 0) is 46.2 Å². The van der Waals surface area contributed by atoms with E-state index in [1.165, 1.54) is 0 Å². The molecule has 0 radical (unpaired) electrons. The predicted octanol–water partition coefficient (Wildman–Crippen LogP) is 3.19.